The summed E-state index contributed by atoms with van der Waals surface area (Å²) in [6.07, 6.45) is 1.03. The molecule has 0 aliphatic carbocycles. The zero-order chi connectivity index (χ0) is 10.7. The molecule has 82 valence electrons. The summed E-state index contributed by atoms with van der Waals surface area (Å²) in [5, 5.41) is 0. The Morgan fingerprint density at radius 1 is 1.57 bits per heavy atom. The van der Waals surface area contributed by atoms with Gasteiger partial charge in [0, 0.05) is 25.2 Å². The molecule has 0 aromatic rings. The van der Waals surface area contributed by atoms with Crippen LogP contribution in [0.2, 0.25) is 0 Å². The molecule has 3 atom stereocenters. The minimum Gasteiger partial charge on any atom is -0.469 e. The zero-order valence-corrected chi connectivity index (χ0v) is 9.19. The van der Waals surface area contributed by atoms with Gasteiger partial charge in [-0.25, -0.2) is 0 Å². The van der Waals surface area contributed by atoms with Gasteiger partial charge in [0.2, 0.25) is 0 Å². The Hall–Kier alpha value is -0.610. The molecule has 0 amide bonds. The van der Waals surface area contributed by atoms with Gasteiger partial charge in [-0.05, 0) is 13.3 Å². The second kappa shape index (κ2) is 4.75. The first-order valence-corrected chi connectivity index (χ1v) is 5.13. The summed E-state index contributed by atoms with van der Waals surface area (Å²) in [4.78, 5) is 13.6. The molecule has 1 aliphatic heterocycles. The van der Waals surface area contributed by atoms with E-state index in [1.54, 1.807) is 0 Å². The van der Waals surface area contributed by atoms with Gasteiger partial charge >= 0.3 is 5.97 Å². The van der Waals surface area contributed by atoms with Gasteiger partial charge < -0.3 is 10.5 Å². The fraction of sp³-hybridized carbons (Fsp3) is 0.900. The van der Waals surface area contributed by atoms with E-state index in [2.05, 4.69) is 11.8 Å². The van der Waals surface area contributed by atoms with Gasteiger partial charge in [0.15, 0.2) is 0 Å². The van der Waals surface area contributed by atoms with Crippen LogP contribution in [-0.4, -0.2) is 43.2 Å². The second-order valence-corrected chi connectivity index (χ2v) is 4.10. The molecule has 4 nitrogen and oxygen atoms in total. The number of nitrogens with two attached hydrogens (primary N) is 1. The molecule has 0 bridgehead atoms. The summed E-state index contributed by atoms with van der Waals surface area (Å²) in [6, 6.07) is 0.485. The molecular weight excluding hydrogens is 180 g/mol. The molecule has 0 radical (unpaired) electrons. The smallest absolute Gasteiger partial charge is 0.309 e. The lowest BCUT2D eigenvalue weighted by molar-refractivity contribution is -0.146. The normalized spacial score (nSPS) is 27.3. The Morgan fingerprint density at radius 2 is 2.21 bits per heavy atom. The zero-order valence-electron chi connectivity index (χ0n) is 9.19. The Labute approximate surface area is 85.4 Å². The topological polar surface area (TPSA) is 55.6 Å². The van der Waals surface area contributed by atoms with Gasteiger partial charge in [-0.15, -0.1) is 0 Å². The monoisotopic (exact) mass is 200 g/mol. The van der Waals surface area contributed by atoms with E-state index in [0.29, 0.717) is 0 Å². The van der Waals surface area contributed by atoms with Gasteiger partial charge in [0.25, 0.3) is 0 Å². The maximum Gasteiger partial charge on any atom is 0.309 e. The number of methoxy groups -OCH3 is 1. The quantitative estimate of drug-likeness (QED) is 0.662. The van der Waals surface area contributed by atoms with Crippen molar-refractivity contribution >= 4 is 5.97 Å². The van der Waals surface area contributed by atoms with Crippen molar-refractivity contribution in [2.24, 2.45) is 11.7 Å². The lowest BCUT2D eigenvalue weighted by atomic mass is 10.0. The fourth-order valence-electron chi connectivity index (χ4n) is 1.88. The predicted molar refractivity (Wildman–Crippen MR) is 54.8 cm³/mol. The van der Waals surface area contributed by atoms with E-state index < -0.39 is 0 Å². The third kappa shape index (κ3) is 2.45. The molecule has 0 spiro atoms. The number of nitrogens with zero attached hydrogens (tertiary/aromatic N) is 1. The van der Waals surface area contributed by atoms with E-state index in [1.807, 2.05) is 6.92 Å². The van der Waals surface area contributed by atoms with Crippen LogP contribution in [0.1, 0.15) is 20.3 Å². The number of hydrogen-bond donors (Lipinski definition) is 1. The van der Waals surface area contributed by atoms with Crippen molar-refractivity contribution in [3.63, 3.8) is 0 Å². The summed E-state index contributed by atoms with van der Waals surface area (Å²) < 4.78 is 4.72. The molecule has 0 aromatic heterocycles. The minimum absolute atomic E-state index is 0.0784. The first kappa shape index (κ1) is 11.5. The summed E-state index contributed by atoms with van der Waals surface area (Å²) in [5.74, 6) is -0.219. The van der Waals surface area contributed by atoms with Crippen molar-refractivity contribution in [1.82, 2.24) is 4.90 Å². The number of carbonyl (C=O) groups excluding carboxylic acids is 1. The molecule has 4 heteroatoms. The molecule has 0 saturated carbocycles. The molecular formula is C10H20N2O2. The average molecular weight is 200 g/mol. The third-order valence-corrected chi connectivity index (χ3v) is 3.13. The van der Waals surface area contributed by atoms with Gasteiger partial charge in [0.1, 0.15) is 0 Å². The third-order valence-electron chi connectivity index (χ3n) is 3.13. The number of carbonyl (C=O) groups is 1. The molecule has 1 saturated heterocycles. The van der Waals surface area contributed by atoms with E-state index >= 15 is 0 Å². The molecule has 0 aromatic carbocycles. The van der Waals surface area contributed by atoms with Crippen molar-refractivity contribution in [2.45, 2.75) is 32.4 Å². The van der Waals surface area contributed by atoms with Crippen molar-refractivity contribution in [3.8, 4) is 0 Å². The average Bonchev–Trinajstić information content (AvgIpc) is 2.61. The standard InChI is InChI=1S/C10H20N2O2/c1-7(10(13)14-3)8(2)12-5-4-9(11)6-12/h7-9H,4-6,11H2,1-3H3/t7?,8?,9-/m0/s1. The molecule has 1 aliphatic rings. The van der Waals surface area contributed by atoms with Crippen molar-refractivity contribution < 1.29 is 9.53 Å². The summed E-state index contributed by atoms with van der Waals surface area (Å²) >= 11 is 0. The van der Waals surface area contributed by atoms with Crippen LogP contribution in [0.15, 0.2) is 0 Å². The number of esters is 1. The van der Waals surface area contributed by atoms with E-state index in [0.717, 1.165) is 19.5 Å². The summed E-state index contributed by atoms with van der Waals surface area (Å²) in [5.41, 5.74) is 5.81. The van der Waals surface area contributed by atoms with E-state index in [9.17, 15) is 4.79 Å². The number of hydrogen-bond acceptors (Lipinski definition) is 4. The summed E-state index contributed by atoms with van der Waals surface area (Å²) in [7, 11) is 1.43. The first-order valence-electron chi connectivity index (χ1n) is 5.13. The van der Waals surface area contributed by atoms with Gasteiger partial charge in [-0.2, -0.15) is 0 Å². The molecule has 1 rings (SSSR count). The first-order chi connectivity index (χ1) is 6.56. The molecule has 2 N–H and O–H groups in total. The predicted octanol–water partition coefficient (Wildman–Crippen LogP) is 0.217. The maximum atomic E-state index is 11.3. The van der Waals surface area contributed by atoms with Crippen LogP contribution in [0.4, 0.5) is 0 Å². The van der Waals surface area contributed by atoms with E-state index in [1.165, 1.54) is 7.11 Å². The SMILES string of the molecule is COC(=O)C(C)C(C)N1CC[C@H](N)C1. The lowest BCUT2D eigenvalue weighted by Gasteiger charge is -2.27. The highest BCUT2D eigenvalue weighted by molar-refractivity contribution is 5.72. The molecule has 2 unspecified atom stereocenters. The number of rotatable bonds is 3. The van der Waals surface area contributed by atoms with Crippen LogP contribution >= 0.6 is 0 Å². The van der Waals surface area contributed by atoms with Crippen LogP contribution in [0, 0.1) is 5.92 Å². The highest BCUT2D eigenvalue weighted by Gasteiger charge is 2.30. The molecule has 1 heterocycles. The van der Waals surface area contributed by atoms with Crippen molar-refractivity contribution in [3.05, 3.63) is 0 Å². The Kier molecular flexibility index (Phi) is 3.89. The van der Waals surface area contributed by atoms with Crippen molar-refractivity contribution in [2.75, 3.05) is 20.2 Å². The van der Waals surface area contributed by atoms with Gasteiger partial charge in [0.05, 0.1) is 13.0 Å². The Balaban J connectivity index is 2.48. The second-order valence-electron chi connectivity index (χ2n) is 4.10. The van der Waals surface area contributed by atoms with Crippen LogP contribution in [0.5, 0.6) is 0 Å². The van der Waals surface area contributed by atoms with Gasteiger partial charge in [-0.3, -0.25) is 9.69 Å². The number of likely N-dealkylation sites (tertiary alicyclic amines) is 1. The highest BCUT2D eigenvalue weighted by atomic mass is 16.5. The van der Waals surface area contributed by atoms with Crippen LogP contribution in [0.3, 0.4) is 0 Å². The fourth-order valence-corrected chi connectivity index (χ4v) is 1.88. The maximum absolute atomic E-state index is 11.3. The van der Waals surface area contributed by atoms with Crippen LogP contribution in [0.25, 0.3) is 0 Å². The van der Waals surface area contributed by atoms with E-state index in [4.69, 9.17) is 10.5 Å². The molecule has 14 heavy (non-hydrogen) atoms. The summed E-state index contributed by atoms with van der Waals surface area (Å²) in [6.45, 7) is 5.84. The Morgan fingerprint density at radius 3 is 2.64 bits per heavy atom. The minimum atomic E-state index is -0.141. The lowest BCUT2D eigenvalue weighted by Crippen LogP contribution is -2.40. The van der Waals surface area contributed by atoms with Crippen LogP contribution in [-0.2, 0) is 9.53 Å². The molecule has 1 fully saturated rings. The highest BCUT2D eigenvalue weighted by Crippen LogP contribution is 2.17. The Bertz CT molecular complexity index is 208. The number of ether oxygens (including phenoxy) is 1. The van der Waals surface area contributed by atoms with E-state index in [-0.39, 0.29) is 24.0 Å². The van der Waals surface area contributed by atoms with Crippen molar-refractivity contribution in [1.29, 1.82) is 0 Å². The largest absolute Gasteiger partial charge is 0.469 e. The van der Waals surface area contributed by atoms with Crippen LogP contribution < -0.4 is 5.73 Å². The van der Waals surface area contributed by atoms with Gasteiger partial charge in [-0.1, -0.05) is 6.92 Å².